The topological polar surface area (TPSA) is 53.6 Å². The quantitative estimate of drug-likeness (QED) is 0.547. The summed E-state index contributed by atoms with van der Waals surface area (Å²) in [5.74, 6) is 0.644. The second kappa shape index (κ2) is 6.60. The van der Waals surface area contributed by atoms with E-state index < -0.39 is 0 Å². The van der Waals surface area contributed by atoms with Crippen LogP contribution >= 0.6 is 0 Å². The molecule has 1 atom stereocenters. The fraction of sp³-hybridized carbons (Fsp3) is 0.933. The van der Waals surface area contributed by atoms with E-state index in [1.165, 1.54) is 45.1 Å². The Morgan fingerprint density at radius 1 is 1.42 bits per heavy atom. The van der Waals surface area contributed by atoms with Crippen LogP contribution in [0, 0.1) is 5.41 Å². The predicted octanol–water partition coefficient (Wildman–Crippen LogP) is 1.96. The lowest BCUT2D eigenvalue weighted by molar-refractivity contribution is 0.267. The minimum absolute atomic E-state index is 0.504. The van der Waals surface area contributed by atoms with Gasteiger partial charge in [-0.05, 0) is 50.6 Å². The molecular weight excluding hydrogens is 236 g/mol. The lowest BCUT2D eigenvalue weighted by Crippen LogP contribution is -2.43. The summed E-state index contributed by atoms with van der Waals surface area (Å²) in [6.45, 7) is 8.73. The number of likely N-dealkylation sites (N-methyl/N-ethyl adjacent to an activating group) is 1. The van der Waals surface area contributed by atoms with Gasteiger partial charge in [0.2, 0.25) is 0 Å². The number of aliphatic imine (C=N–C) groups is 1. The second-order valence-electron chi connectivity index (χ2n) is 6.26. The first-order valence-electron chi connectivity index (χ1n) is 7.97. The van der Waals surface area contributed by atoms with Crippen LogP contribution in [0.1, 0.15) is 52.4 Å². The Hall–Kier alpha value is -0.770. The molecule has 3 N–H and O–H groups in total. The monoisotopic (exact) mass is 266 g/mol. The predicted molar refractivity (Wildman–Crippen MR) is 81.3 cm³/mol. The molecule has 2 aliphatic rings. The summed E-state index contributed by atoms with van der Waals surface area (Å²) in [7, 11) is 0. The first kappa shape index (κ1) is 14.6. The van der Waals surface area contributed by atoms with E-state index in [0.717, 1.165) is 19.6 Å². The van der Waals surface area contributed by atoms with Crippen LogP contribution in [0.5, 0.6) is 0 Å². The van der Waals surface area contributed by atoms with Gasteiger partial charge in [0.15, 0.2) is 5.96 Å². The van der Waals surface area contributed by atoms with E-state index in [9.17, 15) is 0 Å². The van der Waals surface area contributed by atoms with E-state index in [1.54, 1.807) is 0 Å². The molecule has 4 nitrogen and oxygen atoms in total. The number of hydrogen-bond acceptors (Lipinski definition) is 2. The molecule has 1 unspecified atom stereocenters. The maximum atomic E-state index is 5.99. The van der Waals surface area contributed by atoms with Crippen molar-refractivity contribution in [2.24, 2.45) is 16.1 Å². The molecule has 1 saturated carbocycles. The van der Waals surface area contributed by atoms with Crippen molar-refractivity contribution in [3.63, 3.8) is 0 Å². The molecule has 110 valence electrons. The highest BCUT2D eigenvalue weighted by Crippen LogP contribution is 2.49. The van der Waals surface area contributed by atoms with E-state index in [2.05, 4.69) is 29.1 Å². The summed E-state index contributed by atoms with van der Waals surface area (Å²) < 4.78 is 0. The van der Waals surface area contributed by atoms with Crippen LogP contribution in [0.15, 0.2) is 4.99 Å². The number of nitrogens with two attached hydrogens (primary N) is 1. The van der Waals surface area contributed by atoms with Gasteiger partial charge < -0.3 is 11.1 Å². The summed E-state index contributed by atoms with van der Waals surface area (Å²) in [6, 6.07) is 0.643. The van der Waals surface area contributed by atoms with Crippen LogP contribution in [-0.4, -0.2) is 43.1 Å². The van der Waals surface area contributed by atoms with Crippen LogP contribution in [0.2, 0.25) is 0 Å². The Bertz CT molecular complexity index is 309. The molecule has 0 radical (unpaired) electrons. The SMILES string of the molecule is CCCC1(CN=C(N)NCC2CCCN2CC)CC1. The average molecular weight is 266 g/mol. The molecule has 1 saturated heterocycles. The molecule has 4 heteroatoms. The van der Waals surface area contributed by atoms with Crippen molar-refractivity contribution in [2.75, 3.05) is 26.2 Å². The maximum Gasteiger partial charge on any atom is 0.188 e. The molecule has 0 aromatic heterocycles. The van der Waals surface area contributed by atoms with Gasteiger partial charge in [-0.3, -0.25) is 9.89 Å². The van der Waals surface area contributed by atoms with Gasteiger partial charge in [0.25, 0.3) is 0 Å². The highest BCUT2D eigenvalue weighted by molar-refractivity contribution is 5.77. The Balaban J connectivity index is 1.70. The van der Waals surface area contributed by atoms with Crippen molar-refractivity contribution < 1.29 is 0 Å². The van der Waals surface area contributed by atoms with Crippen molar-refractivity contribution in [1.82, 2.24) is 10.2 Å². The van der Waals surface area contributed by atoms with Gasteiger partial charge >= 0.3 is 0 Å². The van der Waals surface area contributed by atoms with Gasteiger partial charge in [-0.15, -0.1) is 0 Å². The van der Waals surface area contributed by atoms with Gasteiger partial charge in [0, 0.05) is 19.1 Å². The van der Waals surface area contributed by atoms with E-state index in [-0.39, 0.29) is 0 Å². The van der Waals surface area contributed by atoms with Crippen molar-refractivity contribution in [3.8, 4) is 0 Å². The Labute approximate surface area is 117 Å². The number of nitrogens with zero attached hydrogens (tertiary/aromatic N) is 2. The number of rotatable bonds is 7. The second-order valence-corrected chi connectivity index (χ2v) is 6.26. The zero-order valence-electron chi connectivity index (χ0n) is 12.6. The van der Waals surface area contributed by atoms with Gasteiger partial charge in [0.1, 0.15) is 0 Å². The van der Waals surface area contributed by atoms with E-state index >= 15 is 0 Å². The molecule has 1 aliphatic carbocycles. The fourth-order valence-electron chi connectivity index (χ4n) is 3.27. The van der Waals surface area contributed by atoms with E-state index in [4.69, 9.17) is 5.73 Å². The van der Waals surface area contributed by atoms with Gasteiger partial charge in [-0.25, -0.2) is 0 Å². The largest absolute Gasteiger partial charge is 0.370 e. The molecule has 2 fully saturated rings. The molecule has 2 rings (SSSR count). The molecule has 0 bridgehead atoms. The van der Waals surface area contributed by atoms with Crippen molar-refractivity contribution in [2.45, 2.75) is 58.4 Å². The first-order chi connectivity index (χ1) is 9.19. The van der Waals surface area contributed by atoms with Crippen molar-refractivity contribution in [1.29, 1.82) is 0 Å². The summed E-state index contributed by atoms with van der Waals surface area (Å²) in [4.78, 5) is 7.08. The molecular formula is C15H30N4. The highest BCUT2D eigenvalue weighted by atomic mass is 15.2. The lowest BCUT2D eigenvalue weighted by Gasteiger charge is -2.23. The standard InChI is InChI=1S/C15H30N4/c1-3-7-15(8-9-15)12-18-14(16)17-11-13-6-5-10-19(13)4-2/h13H,3-12H2,1-2H3,(H3,16,17,18). The molecule has 1 aliphatic heterocycles. The third kappa shape index (κ3) is 4.10. The summed E-state index contributed by atoms with van der Waals surface area (Å²) in [6.07, 6.45) is 7.84. The van der Waals surface area contributed by atoms with Gasteiger partial charge in [-0.2, -0.15) is 0 Å². The van der Waals surface area contributed by atoms with Crippen LogP contribution in [0.4, 0.5) is 0 Å². The molecule has 0 aromatic carbocycles. The lowest BCUT2D eigenvalue weighted by atomic mass is 10.0. The molecule has 0 amide bonds. The zero-order chi connectivity index (χ0) is 13.7. The summed E-state index contributed by atoms with van der Waals surface area (Å²) in [5, 5.41) is 3.32. The number of guanidine groups is 1. The van der Waals surface area contributed by atoms with Crippen LogP contribution in [0.3, 0.4) is 0 Å². The van der Waals surface area contributed by atoms with Gasteiger partial charge in [0.05, 0.1) is 0 Å². The molecule has 1 heterocycles. The minimum Gasteiger partial charge on any atom is -0.370 e. The smallest absolute Gasteiger partial charge is 0.188 e. The van der Waals surface area contributed by atoms with Crippen LogP contribution < -0.4 is 11.1 Å². The first-order valence-corrected chi connectivity index (χ1v) is 7.97. The zero-order valence-corrected chi connectivity index (χ0v) is 12.6. The fourth-order valence-corrected chi connectivity index (χ4v) is 3.27. The Kier molecular flexibility index (Phi) is 5.08. The van der Waals surface area contributed by atoms with E-state index in [0.29, 0.717) is 17.4 Å². The Morgan fingerprint density at radius 2 is 2.21 bits per heavy atom. The third-order valence-corrected chi connectivity index (χ3v) is 4.75. The van der Waals surface area contributed by atoms with E-state index in [1.807, 2.05) is 0 Å². The molecule has 0 aromatic rings. The normalized spacial score (nSPS) is 26.6. The Morgan fingerprint density at radius 3 is 2.84 bits per heavy atom. The molecule has 19 heavy (non-hydrogen) atoms. The minimum atomic E-state index is 0.504. The number of hydrogen-bond donors (Lipinski definition) is 2. The maximum absolute atomic E-state index is 5.99. The number of likely N-dealkylation sites (tertiary alicyclic amines) is 1. The average Bonchev–Trinajstić information content (AvgIpc) is 3.02. The third-order valence-electron chi connectivity index (χ3n) is 4.75. The molecule has 0 spiro atoms. The summed E-state index contributed by atoms with van der Waals surface area (Å²) >= 11 is 0. The summed E-state index contributed by atoms with van der Waals surface area (Å²) in [5.41, 5.74) is 6.49. The van der Waals surface area contributed by atoms with Gasteiger partial charge in [-0.1, -0.05) is 20.3 Å². The number of nitrogens with one attached hydrogen (secondary N) is 1. The van der Waals surface area contributed by atoms with Crippen LogP contribution in [-0.2, 0) is 0 Å². The van der Waals surface area contributed by atoms with Crippen molar-refractivity contribution >= 4 is 5.96 Å². The highest BCUT2D eigenvalue weighted by Gasteiger charge is 2.41. The van der Waals surface area contributed by atoms with Crippen LogP contribution in [0.25, 0.3) is 0 Å². The van der Waals surface area contributed by atoms with Crippen molar-refractivity contribution in [3.05, 3.63) is 0 Å².